The maximum Gasteiger partial charge on any atom is 0.260 e. The van der Waals surface area contributed by atoms with Gasteiger partial charge < -0.3 is 19.4 Å². The average Bonchev–Trinajstić information content (AvgIpc) is 2.97. The highest BCUT2D eigenvalue weighted by molar-refractivity contribution is 5.51. The van der Waals surface area contributed by atoms with E-state index >= 15 is 0 Å². The van der Waals surface area contributed by atoms with E-state index in [1.165, 1.54) is 0 Å². The number of hydrogen-bond donors (Lipinski definition) is 2. The summed E-state index contributed by atoms with van der Waals surface area (Å²) in [7, 11) is 0. The van der Waals surface area contributed by atoms with Gasteiger partial charge in [0.15, 0.2) is 11.4 Å². The van der Waals surface area contributed by atoms with Gasteiger partial charge in [-0.2, -0.15) is 4.98 Å². The van der Waals surface area contributed by atoms with Gasteiger partial charge in [0.25, 0.3) is 5.89 Å². The van der Waals surface area contributed by atoms with Gasteiger partial charge in [-0.3, -0.25) is 0 Å². The van der Waals surface area contributed by atoms with Gasteiger partial charge in [-0.15, -0.1) is 0 Å². The summed E-state index contributed by atoms with van der Waals surface area (Å²) in [6.45, 7) is 3.08. The van der Waals surface area contributed by atoms with Crippen LogP contribution < -0.4 is 5.32 Å². The summed E-state index contributed by atoms with van der Waals surface area (Å²) in [6.07, 6.45) is 2.15. The Morgan fingerprint density at radius 1 is 1.53 bits per heavy atom. The number of rotatable bonds is 2. The highest BCUT2D eigenvalue weighted by Gasteiger charge is 2.39. The number of nitrogens with one attached hydrogen (secondary N) is 1. The molecule has 3 rings (SSSR count). The van der Waals surface area contributed by atoms with Gasteiger partial charge in [-0.25, -0.2) is 0 Å². The van der Waals surface area contributed by atoms with Gasteiger partial charge in [0, 0.05) is 6.54 Å². The molecule has 0 spiro atoms. The zero-order valence-electron chi connectivity index (χ0n) is 9.43. The van der Waals surface area contributed by atoms with Gasteiger partial charge in [0.2, 0.25) is 5.82 Å². The summed E-state index contributed by atoms with van der Waals surface area (Å²) in [5.41, 5.74) is -0.111. The smallest absolute Gasteiger partial charge is 0.260 e. The highest BCUT2D eigenvalue weighted by atomic mass is 16.5. The number of β-amino-alcohol motifs (C(OH)–C–C–N with tert-alkyl or cyclic N) is 1. The maximum absolute atomic E-state index is 10.3. The van der Waals surface area contributed by atoms with Crippen LogP contribution in [0.5, 0.6) is 0 Å². The van der Waals surface area contributed by atoms with E-state index in [-0.39, 0.29) is 5.89 Å². The summed E-state index contributed by atoms with van der Waals surface area (Å²) >= 11 is 0. The predicted octanol–water partition coefficient (Wildman–Crippen LogP) is 0.819. The van der Waals surface area contributed by atoms with E-state index in [2.05, 4.69) is 15.5 Å². The lowest BCUT2D eigenvalue weighted by atomic mass is 10.0. The Bertz CT molecular complexity index is 526. The van der Waals surface area contributed by atoms with Gasteiger partial charge in [-0.1, -0.05) is 5.16 Å². The van der Waals surface area contributed by atoms with Crippen LogP contribution >= 0.6 is 0 Å². The van der Waals surface area contributed by atoms with E-state index in [4.69, 9.17) is 8.94 Å². The number of aryl methyl sites for hydroxylation is 1. The second kappa shape index (κ2) is 3.68. The normalized spacial score (nSPS) is 24.4. The summed E-state index contributed by atoms with van der Waals surface area (Å²) in [6, 6.07) is 1.83. The van der Waals surface area contributed by atoms with Crippen molar-refractivity contribution in [1.82, 2.24) is 15.5 Å². The molecule has 17 heavy (non-hydrogen) atoms. The lowest BCUT2D eigenvalue weighted by Crippen LogP contribution is -2.28. The van der Waals surface area contributed by atoms with Crippen molar-refractivity contribution in [2.24, 2.45) is 0 Å². The van der Waals surface area contributed by atoms with Gasteiger partial charge in [-0.05, 0) is 31.5 Å². The van der Waals surface area contributed by atoms with Crippen molar-refractivity contribution in [2.45, 2.75) is 18.9 Å². The Hall–Kier alpha value is -1.66. The molecule has 0 aromatic carbocycles. The summed E-state index contributed by atoms with van der Waals surface area (Å²) in [5.74, 6) is 1.20. The molecule has 1 unspecified atom stereocenters. The van der Waals surface area contributed by atoms with E-state index in [0.717, 1.165) is 12.1 Å². The van der Waals surface area contributed by atoms with Crippen LogP contribution in [0.2, 0.25) is 0 Å². The van der Waals surface area contributed by atoms with E-state index in [0.29, 0.717) is 24.6 Å². The lowest BCUT2D eigenvalue weighted by Gasteiger charge is -2.14. The Morgan fingerprint density at radius 3 is 3.06 bits per heavy atom. The van der Waals surface area contributed by atoms with Gasteiger partial charge in [0.1, 0.15) is 0 Å². The fourth-order valence-electron chi connectivity index (χ4n) is 1.97. The molecule has 3 heterocycles. The van der Waals surface area contributed by atoms with Crippen LogP contribution in [0, 0.1) is 6.92 Å². The molecule has 2 aromatic heterocycles. The van der Waals surface area contributed by atoms with Crippen molar-refractivity contribution in [1.29, 1.82) is 0 Å². The molecule has 0 amide bonds. The first-order valence-corrected chi connectivity index (χ1v) is 5.51. The molecule has 1 aliphatic rings. The van der Waals surface area contributed by atoms with E-state index in [1.54, 1.807) is 6.26 Å². The number of aliphatic hydroxyl groups is 1. The number of aromatic nitrogens is 2. The Morgan fingerprint density at radius 2 is 2.41 bits per heavy atom. The molecule has 6 heteroatoms. The van der Waals surface area contributed by atoms with Crippen molar-refractivity contribution in [3.63, 3.8) is 0 Å². The molecule has 2 N–H and O–H groups in total. The molecule has 2 aromatic rings. The number of nitrogens with zero attached hydrogens (tertiary/aromatic N) is 2. The molecule has 0 bridgehead atoms. The molecule has 0 radical (unpaired) electrons. The Balaban J connectivity index is 1.96. The zero-order valence-corrected chi connectivity index (χ0v) is 9.43. The Kier molecular flexibility index (Phi) is 2.27. The van der Waals surface area contributed by atoms with Crippen LogP contribution in [-0.4, -0.2) is 28.3 Å². The minimum absolute atomic E-state index is 0.244. The van der Waals surface area contributed by atoms with Crippen LogP contribution in [0.15, 0.2) is 21.3 Å². The zero-order chi connectivity index (χ0) is 11.9. The SMILES string of the molecule is Cc1ccoc1-c1noc(C2(O)CCNC2)n1. The van der Waals surface area contributed by atoms with E-state index in [1.807, 2.05) is 13.0 Å². The molecule has 1 aliphatic heterocycles. The standard InChI is InChI=1S/C11H13N3O3/c1-7-2-5-16-8(7)9-13-10(17-14-9)11(15)3-4-12-6-11/h2,5,12,15H,3-4,6H2,1H3. The first-order valence-electron chi connectivity index (χ1n) is 5.51. The minimum Gasteiger partial charge on any atom is -0.461 e. The molecule has 90 valence electrons. The van der Waals surface area contributed by atoms with Crippen LogP contribution in [0.4, 0.5) is 0 Å². The van der Waals surface area contributed by atoms with Crippen LogP contribution in [0.25, 0.3) is 11.6 Å². The van der Waals surface area contributed by atoms with E-state index < -0.39 is 5.60 Å². The van der Waals surface area contributed by atoms with Gasteiger partial charge >= 0.3 is 0 Å². The van der Waals surface area contributed by atoms with Crippen LogP contribution in [-0.2, 0) is 5.60 Å². The maximum atomic E-state index is 10.3. The molecular formula is C11H13N3O3. The first-order chi connectivity index (χ1) is 8.19. The molecule has 6 nitrogen and oxygen atoms in total. The van der Waals surface area contributed by atoms with Crippen molar-refractivity contribution < 1.29 is 14.0 Å². The van der Waals surface area contributed by atoms with Crippen LogP contribution in [0.1, 0.15) is 17.9 Å². The topological polar surface area (TPSA) is 84.3 Å². The Labute approximate surface area is 97.6 Å². The second-order valence-electron chi connectivity index (χ2n) is 4.31. The van der Waals surface area contributed by atoms with Gasteiger partial charge in [0.05, 0.1) is 6.26 Å². The van der Waals surface area contributed by atoms with Crippen molar-refractivity contribution in [3.05, 3.63) is 23.8 Å². The first kappa shape index (κ1) is 10.5. The predicted molar refractivity (Wildman–Crippen MR) is 58.1 cm³/mol. The summed E-state index contributed by atoms with van der Waals surface area (Å²) in [4.78, 5) is 4.21. The minimum atomic E-state index is -1.05. The fourth-order valence-corrected chi connectivity index (χ4v) is 1.97. The molecule has 1 fully saturated rings. The van der Waals surface area contributed by atoms with Crippen molar-refractivity contribution in [2.75, 3.05) is 13.1 Å². The third-order valence-corrected chi connectivity index (χ3v) is 3.02. The molecule has 0 saturated carbocycles. The van der Waals surface area contributed by atoms with Crippen molar-refractivity contribution in [3.8, 4) is 11.6 Å². The van der Waals surface area contributed by atoms with Crippen LogP contribution in [0.3, 0.4) is 0 Å². The largest absolute Gasteiger partial charge is 0.461 e. The third kappa shape index (κ3) is 1.65. The second-order valence-corrected chi connectivity index (χ2v) is 4.31. The third-order valence-electron chi connectivity index (χ3n) is 3.02. The number of hydrogen-bond acceptors (Lipinski definition) is 6. The lowest BCUT2D eigenvalue weighted by molar-refractivity contribution is 0.0243. The summed E-state index contributed by atoms with van der Waals surface area (Å²) < 4.78 is 10.4. The fraction of sp³-hybridized carbons (Fsp3) is 0.455. The van der Waals surface area contributed by atoms with E-state index in [9.17, 15) is 5.11 Å². The quantitative estimate of drug-likeness (QED) is 0.801. The molecule has 1 saturated heterocycles. The average molecular weight is 235 g/mol. The van der Waals surface area contributed by atoms with Crippen molar-refractivity contribution >= 4 is 0 Å². The monoisotopic (exact) mass is 235 g/mol. The molecule has 1 atom stereocenters. The highest BCUT2D eigenvalue weighted by Crippen LogP contribution is 2.29. The molecular weight excluding hydrogens is 222 g/mol. The number of furan rings is 1. The molecule has 0 aliphatic carbocycles. The summed E-state index contributed by atoms with van der Waals surface area (Å²) in [5, 5.41) is 17.2.